The van der Waals surface area contributed by atoms with Gasteiger partial charge in [0.2, 0.25) is 0 Å². The predicted octanol–water partition coefficient (Wildman–Crippen LogP) is 2.01. The topological polar surface area (TPSA) is 111 Å². The molecule has 8 nitrogen and oxygen atoms in total. The maximum absolute atomic E-state index is 13.1. The summed E-state index contributed by atoms with van der Waals surface area (Å²) in [6, 6.07) is 7.08. The van der Waals surface area contributed by atoms with Crippen molar-refractivity contribution < 1.29 is 29.0 Å². The first-order chi connectivity index (χ1) is 17.3. The Morgan fingerprint density at radius 3 is 2.27 bits per heavy atom. The van der Waals surface area contributed by atoms with Gasteiger partial charge in [-0.15, -0.1) is 6.58 Å². The summed E-state index contributed by atoms with van der Waals surface area (Å²) < 4.78 is 13.1. The van der Waals surface area contributed by atoms with Crippen LogP contribution in [-0.4, -0.2) is 75.4 Å². The Kier molecular flexibility index (Phi) is 10.1. The van der Waals surface area contributed by atoms with Crippen LogP contribution >= 0.6 is 11.6 Å². The van der Waals surface area contributed by atoms with Crippen LogP contribution < -0.4 is 10.6 Å². The third kappa shape index (κ3) is 7.47. The Labute approximate surface area is 220 Å². The highest BCUT2D eigenvalue weighted by atomic mass is 35.5. The number of carbonyl (C=O) groups is 3. The normalized spacial score (nSPS) is 15.1. The molecule has 0 unspecified atom stereocenters. The van der Waals surface area contributed by atoms with Crippen molar-refractivity contribution in [3.05, 3.63) is 75.7 Å². The number of hydrogen-bond acceptors (Lipinski definition) is 6. The van der Waals surface area contributed by atoms with Gasteiger partial charge in [0.15, 0.2) is 5.76 Å². The third-order valence-corrected chi connectivity index (χ3v) is 6.07. The van der Waals surface area contributed by atoms with Crippen LogP contribution in [0, 0.1) is 5.82 Å². The number of allylic oxidation sites excluding steroid dienone is 1. The molecule has 1 aromatic heterocycles. The number of aliphatic hydroxyl groups excluding tert-OH is 1. The van der Waals surface area contributed by atoms with Crippen molar-refractivity contribution in [2.75, 3.05) is 27.2 Å². The Hall–Kier alpha value is -3.56. The molecule has 198 valence electrons. The second-order valence-corrected chi connectivity index (χ2v) is 9.28. The van der Waals surface area contributed by atoms with E-state index in [9.17, 15) is 29.0 Å². The zero-order valence-electron chi connectivity index (χ0n) is 21.1. The molecule has 1 aliphatic heterocycles. The highest BCUT2D eigenvalue weighted by Gasteiger charge is 2.35. The third-order valence-electron chi connectivity index (χ3n) is 5.78. The number of carbonyl (C=O) groups excluding carboxylic acids is 3. The van der Waals surface area contributed by atoms with Crippen molar-refractivity contribution in [3.63, 3.8) is 0 Å². The van der Waals surface area contributed by atoms with E-state index in [0.29, 0.717) is 6.42 Å². The standard InChI is InChI=1S/C24H25ClFN3O5.C3H6/c1-14-17(19(30)20(31)23(33)28(2)3)12-18(21(25)27-14)22(32)29-10-8-24(34,9-11-29)13-15-4-6-16(26)7-5-15;1-3-2/h4-7,12,30,34H,1,8-11,13H2,2-3H3;3H,1H2,2H3/b19-17-;. The van der Waals surface area contributed by atoms with Crippen LogP contribution in [0.4, 0.5) is 4.39 Å². The lowest BCUT2D eigenvalue weighted by Crippen LogP contribution is -2.48. The lowest BCUT2D eigenvalue weighted by atomic mass is 9.85. The highest BCUT2D eigenvalue weighted by Crippen LogP contribution is 2.28. The minimum atomic E-state index is -1.17. The van der Waals surface area contributed by atoms with Gasteiger partial charge in [-0.25, -0.2) is 9.37 Å². The van der Waals surface area contributed by atoms with Gasteiger partial charge in [0.05, 0.1) is 16.5 Å². The maximum atomic E-state index is 13.1. The second-order valence-electron chi connectivity index (χ2n) is 8.93. The summed E-state index contributed by atoms with van der Waals surface area (Å²) in [4.78, 5) is 43.7. The van der Waals surface area contributed by atoms with Gasteiger partial charge < -0.3 is 20.0 Å². The van der Waals surface area contributed by atoms with E-state index >= 15 is 0 Å². The quantitative estimate of drug-likeness (QED) is 0.347. The lowest BCUT2D eigenvalue weighted by Gasteiger charge is -2.38. The first-order valence-corrected chi connectivity index (χ1v) is 11.9. The van der Waals surface area contributed by atoms with E-state index in [-0.39, 0.29) is 53.0 Å². The SMILES string of the molecule is C=CC.C=c1nc(Cl)c(C(=O)N2CCC(O)(Cc3ccc(F)cc3)CC2)c/c1=C(/O)C(=O)C(=O)N(C)C. The number of nitrogens with zero attached hydrogens (tertiary/aromatic N) is 3. The summed E-state index contributed by atoms with van der Waals surface area (Å²) in [6.07, 6.45) is 2.64. The molecule has 2 amide bonds. The number of aromatic nitrogens is 1. The molecule has 0 radical (unpaired) electrons. The van der Waals surface area contributed by atoms with E-state index in [1.165, 1.54) is 37.2 Å². The number of halogens is 2. The molecule has 1 aromatic carbocycles. The van der Waals surface area contributed by atoms with Crippen LogP contribution in [0.25, 0.3) is 12.3 Å². The Morgan fingerprint density at radius 1 is 1.22 bits per heavy atom. The van der Waals surface area contributed by atoms with Gasteiger partial charge in [0.1, 0.15) is 11.0 Å². The van der Waals surface area contributed by atoms with Gasteiger partial charge in [0, 0.05) is 38.8 Å². The number of rotatable bonds is 5. The van der Waals surface area contributed by atoms with Crippen molar-refractivity contribution in [3.8, 4) is 0 Å². The van der Waals surface area contributed by atoms with Crippen LogP contribution in [0.3, 0.4) is 0 Å². The summed E-state index contributed by atoms with van der Waals surface area (Å²) >= 11 is 6.16. The molecule has 1 aliphatic rings. The average Bonchev–Trinajstić information content (AvgIpc) is 2.84. The number of likely N-dealkylation sites (tertiary alicyclic amines) is 1. The van der Waals surface area contributed by atoms with E-state index in [1.54, 1.807) is 18.2 Å². The minimum absolute atomic E-state index is 0.0636. The van der Waals surface area contributed by atoms with Crippen molar-refractivity contribution in [1.82, 2.24) is 14.8 Å². The summed E-state index contributed by atoms with van der Waals surface area (Å²) in [6.45, 7) is 9.33. The lowest BCUT2D eigenvalue weighted by molar-refractivity contribution is -0.140. The molecule has 0 aliphatic carbocycles. The molecule has 3 rings (SSSR count). The Bertz CT molecular complexity index is 1290. The molecule has 2 N–H and O–H groups in total. The van der Waals surface area contributed by atoms with Crippen LogP contribution in [0.15, 0.2) is 43.0 Å². The smallest absolute Gasteiger partial charge is 0.297 e. The van der Waals surface area contributed by atoms with Crippen molar-refractivity contribution in [2.24, 2.45) is 0 Å². The molecule has 2 aromatic rings. The van der Waals surface area contributed by atoms with Crippen LogP contribution in [0.1, 0.15) is 35.7 Å². The summed E-state index contributed by atoms with van der Waals surface area (Å²) in [7, 11) is 2.72. The number of ketones is 1. The average molecular weight is 532 g/mol. The maximum Gasteiger partial charge on any atom is 0.297 e. The number of benzene rings is 1. The molecule has 2 heterocycles. The molecule has 10 heteroatoms. The molecular weight excluding hydrogens is 501 g/mol. The van der Waals surface area contributed by atoms with Crippen LogP contribution in [0.5, 0.6) is 0 Å². The fourth-order valence-corrected chi connectivity index (χ4v) is 4.00. The molecule has 0 saturated carbocycles. The summed E-state index contributed by atoms with van der Waals surface area (Å²) in [5, 5.41) is 20.9. The summed E-state index contributed by atoms with van der Waals surface area (Å²) in [5.41, 5.74) is -0.330. The van der Waals surface area contributed by atoms with Gasteiger partial charge >= 0.3 is 0 Å². The molecular formula is C27H31ClFN3O5. The number of Topliss-reactive ketones (excluding diaryl/α,β-unsaturated/α-hetero) is 1. The summed E-state index contributed by atoms with van der Waals surface area (Å²) in [5.74, 6) is -3.85. The van der Waals surface area contributed by atoms with E-state index < -0.39 is 29.0 Å². The largest absolute Gasteiger partial charge is 0.504 e. The number of pyridine rings is 1. The zero-order valence-corrected chi connectivity index (χ0v) is 21.9. The van der Waals surface area contributed by atoms with E-state index in [1.807, 2.05) is 6.92 Å². The van der Waals surface area contributed by atoms with E-state index in [2.05, 4.69) is 18.1 Å². The minimum Gasteiger partial charge on any atom is -0.504 e. The van der Waals surface area contributed by atoms with Crippen molar-refractivity contribution >= 4 is 41.5 Å². The van der Waals surface area contributed by atoms with E-state index in [0.717, 1.165) is 10.5 Å². The molecule has 1 saturated heterocycles. The van der Waals surface area contributed by atoms with Gasteiger partial charge in [-0.05, 0) is 43.5 Å². The zero-order chi connectivity index (χ0) is 27.9. The fraction of sp³-hybridized carbons (Fsp3) is 0.333. The molecule has 1 fully saturated rings. The Balaban J connectivity index is 0.00000153. The Morgan fingerprint density at radius 2 is 1.76 bits per heavy atom. The number of aliphatic hydroxyl groups is 2. The number of likely N-dealkylation sites (N-methyl/N-ethyl adjacent to an activating group) is 1. The van der Waals surface area contributed by atoms with E-state index in [4.69, 9.17) is 11.6 Å². The molecule has 0 spiro atoms. The number of amides is 2. The highest BCUT2D eigenvalue weighted by molar-refractivity contribution is 6.49. The van der Waals surface area contributed by atoms with Gasteiger partial charge in [-0.1, -0.05) is 36.4 Å². The second kappa shape index (κ2) is 12.6. The fourth-order valence-electron chi connectivity index (χ4n) is 3.76. The molecule has 37 heavy (non-hydrogen) atoms. The van der Waals surface area contributed by atoms with Crippen molar-refractivity contribution in [1.29, 1.82) is 0 Å². The monoisotopic (exact) mass is 531 g/mol. The number of piperidine rings is 1. The molecule has 0 bridgehead atoms. The first kappa shape index (κ1) is 29.7. The predicted molar refractivity (Wildman–Crippen MR) is 140 cm³/mol. The number of hydrogen-bond donors (Lipinski definition) is 2. The van der Waals surface area contributed by atoms with Crippen LogP contribution in [-0.2, 0) is 16.0 Å². The van der Waals surface area contributed by atoms with Crippen LogP contribution in [0.2, 0.25) is 5.15 Å². The van der Waals surface area contributed by atoms with Gasteiger partial charge in [0.25, 0.3) is 17.6 Å². The first-order valence-electron chi connectivity index (χ1n) is 11.5. The molecule has 0 atom stereocenters. The van der Waals surface area contributed by atoms with Crippen molar-refractivity contribution in [2.45, 2.75) is 31.8 Å². The van der Waals surface area contributed by atoms with Gasteiger partial charge in [-0.2, -0.15) is 0 Å². The van der Waals surface area contributed by atoms with Gasteiger partial charge in [-0.3, -0.25) is 14.4 Å².